The molecule has 1 heterocycles. The molecule has 4 heteroatoms. The van der Waals surface area contributed by atoms with Crippen molar-refractivity contribution in [3.8, 4) is 0 Å². The zero-order valence-corrected chi connectivity index (χ0v) is 10.9. The Hall–Kier alpha value is -0.450. The molecule has 0 radical (unpaired) electrons. The van der Waals surface area contributed by atoms with Gasteiger partial charge >= 0.3 is 0 Å². The van der Waals surface area contributed by atoms with Gasteiger partial charge in [-0.2, -0.15) is 0 Å². The molecule has 0 amide bonds. The summed E-state index contributed by atoms with van der Waals surface area (Å²) in [6.07, 6.45) is 6.73. The van der Waals surface area contributed by atoms with Gasteiger partial charge in [-0.25, -0.2) is 0 Å². The molecule has 1 aliphatic rings. The Bertz CT molecular complexity index is 360. The summed E-state index contributed by atoms with van der Waals surface area (Å²) < 4.78 is 6.40. The molecule has 1 aromatic rings. The Morgan fingerprint density at radius 1 is 1.56 bits per heavy atom. The Labute approximate surface area is 104 Å². The summed E-state index contributed by atoms with van der Waals surface area (Å²) in [5.41, 5.74) is 0.715. The molecule has 1 saturated carbocycles. The van der Waals surface area contributed by atoms with Crippen LogP contribution in [0.25, 0.3) is 0 Å². The Morgan fingerprint density at radius 2 is 2.31 bits per heavy atom. The van der Waals surface area contributed by atoms with Gasteiger partial charge in [-0.15, -0.1) is 0 Å². The van der Waals surface area contributed by atoms with Crippen molar-refractivity contribution in [2.24, 2.45) is 0 Å². The van der Waals surface area contributed by atoms with E-state index >= 15 is 0 Å². The molecule has 1 unspecified atom stereocenters. The summed E-state index contributed by atoms with van der Waals surface area (Å²) in [4.78, 5) is 4.09. The van der Waals surface area contributed by atoms with Crippen LogP contribution in [0.5, 0.6) is 0 Å². The average Bonchev–Trinajstić information content (AvgIpc) is 2.16. The number of nitrogens with zero attached hydrogens (tertiary/aromatic N) is 1. The number of aliphatic hydroxyl groups is 1. The number of aliphatic hydroxyl groups excluding tert-OH is 1. The molecule has 1 fully saturated rings. The van der Waals surface area contributed by atoms with Gasteiger partial charge in [0, 0.05) is 30.4 Å². The average molecular weight is 286 g/mol. The molecule has 1 atom stereocenters. The second-order valence-electron chi connectivity index (χ2n) is 4.35. The highest BCUT2D eigenvalue weighted by atomic mass is 79.9. The second kappa shape index (κ2) is 4.82. The number of hydrogen-bond donors (Lipinski definition) is 1. The first-order valence-corrected chi connectivity index (χ1v) is 6.28. The fourth-order valence-electron chi connectivity index (χ4n) is 2.18. The zero-order chi connectivity index (χ0) is 11.6. The molecule has 0 bridgehead atoms. The summed E-state index contributed by atoms with van der Waals surface area (Å²) in [7, 11) is 1.68. The lowest BCUT2D eigenvalue weighted by Crippen LogP contribution is -2.50. The summed E-state index contributed by atoms with van der Waals surface area (Å²) in [6, 6.07) is 1.98. The van der Waals surface area contributed by atoms with E-state index in [1.165, 1.54) is 0 Å². The predicted molar refractivity (Wildman–Crippen MR) is 65.2 cm³/mol. The first kappa shape index (κ1) is 12.0. The van der Waals surface area contributed by atoms with Crippen molar-refractivity contribution in [1.29, 1.82) is 0 Å². The molecule has 0 spiro atoms. The van der Waals surface area contributed by atoms with E-state index in [-0.39, 0.29) is 5.60 Å². The minimum atomic E-state index is -0.442. The number of rotatable bonds is 4. The van der Waals surface area contributed by atoms with Crippen molar-refractivity contribution in [2.45, 2.75) is 37.4 Å². The highest BCUT2D eigenvalue weighted by molar-refractivity contribution is 9.10. The smallest absolute Gasteiger partial charge is 0.0939 e. The van der Waals surface area contributed by atoms with Gasteiger partial charge in [0.2, 0.25) is 0 Å². The highest BCUT2D eigenvalue weighted by Gasteiger charge is 2.43. The fraction of sp³-hybridized carbons (Fsp3) is 0.583. The summed E-state index contributed by atoms with van der Waals surface area (Å²) in [6.45, 7) is 0. The molecule has 1 N–H and O–H groups in total. The molecule has 1 aromatic heterocycles. The van der Waals surface area contributed by atoms with Gasteiger partial charge in [0.25, 0.3) is 0 Å². The summed E-state index contributed by atoms with van der Waals surface area (Å²) in [5, 5.41) is 10.2. The van der Waals surface area contributed by atoms with Gasteiger partial charge in [-0.05, 0) is 46.8 Å². The molecule has 0 aliphatic heterocycles. The standard InChI is InChI=1S/C12H16BrNO2/c1-16-12(3-2-4-12)11(15)6-9-5-10(13)8-14-7-9/h5,7-8,11,15H,2-4,6H2,1H3. The van der Waals surface area contributed by atoms with Crippen molar-refractivity contribution < 1.29 is 9.84 Å². The van der Waals surface area contributed by atoms with Crippen LogP contribution in [0.15, 0.2) is 22.9 Å². The number of methoxy groups -OCH3 is 1. The molecule has 2 rings (SSSR count). The molecular formula is C12H16BrNO2. The van der Waals surface area contributed by atoms with Crippen molar-refractivity contribution >= 4 is 15.9 Å². The highest BCUT2D eigenvalue weighted by Crippen LogP contribution is 2.39. The van der Waals surface area contributed by atoms with E-state index in [0.29, 0.717) is 6.42 Å². The van der Waals surface area contributed by atoms with Gasteiger partial charge in [0.05, 0.1) is 11.7 Å². The minimum absolute atomic E-state index is 0.317. The van der Waals surface area contributed by atoms with Crippen LogP contribution in [-0.2, 0) is 11.2 Å². The van der Waals surface area contributed by atoms with E-state index in [0.717, 1.165) is 29.3 Å². The van der Waals surface area contributed by atoms with E-state index in [1.54, 1.807) is 19.5 Å². The largest absolute Gasteiger partial charge is 0.390 e. The van der Waals surface area contributed by atoms with Crippen LogP contribution in [0.4, 0.5) is 0 Å². The topological polar surface area (TPSA) is 42.4 Å². The van der Waals surface area contributed by atoms with Crippen LogP contribution < -0.4 is 0 Å². The molecule has 16 heavy (non-hydrogen) atoms. The second-order valence-corrected chi connectivity index (χ2v) is 5.27. The lowest BCUT2D eigenvalue weighted by molar-refractivity contribution is -0.148. The van der Waals surface area contributed by atoms with Crippen LogP contribution in [0, 0.1) is 0 Å². The minimum Gasteiger partial charge on any atom is -0.390 e. The summed E-state index contributed by atoms with van der Waals surface area (Å²) >= 11 is 3.38. The molecule has 88 valence electrons. The number of halogens is 1. The van der Waals surface area contributed by atoms with Crippen LogP contribution >= 0.6 is 15.9 Å². The third kappa shape index (κ3) is 2.29. The number of pyridine rings is 1. The number of ether oxygens (including phenoxy) is 1. The van der Waals surface area contributed by atoms with Crippen LogP contribution in [0.2, 0.25) is 0 Å². The lowest BCUT2D eigenvalue weighted by atomic mass is 9.74. The molecule has 0 aromatic carbocycles. The maximum Gasteiger partial charge on any atom is 0.0939 e. The predicted octanol–water partition coefficient (Wildman–Crippen LogP) is 2.32. The number of aromatic nitrogens is 1. The van der Waals surface area contributed by atoms with Crippen LogP contribution in [-0.4, -0.2) is 28.9 Å². The van der Waals surface area contributed by atoms with E-state index in [9.17, 15) is 5.11 Å². The van der Waals surface area contributed by atoms with Crippen molar-refractivity contribution in [2.75, 3.05) is 7.11 Å². The van der Waals surface area contributed by atoms with Crippen molar-refractivity contribution in [3.05, 3.63) is 28.5 Å². The van der Waals surface area contributed by atoms with Crippen LogP contribution in [0.1, 0.15) is 24.8 Å². The first-order chi connectivity index (χ1) is 7.66. The maximum absolute atomic E-state index is 10.2. The molecule has 1 aliphatic carbocycles. The molecule has 0 saturated heterocycles. The molecule has 3 nitrogen and oxygen atoms in total. The zero-order valence-electron chi connectivity index (χ0n) is 9.32. The number of hydrogen-bond acceptors (Lipinski definition) is 3. The fourth-order valence-corrected chi connectivity index (χ4v) is 2.59. The lowest BCUT2D eigenvalue weighted by Gasteiger charge is -2.44. The molecular weight excluding hydrogens is 270 g/mol. The van der Waals surface area contributed by atoms with Gasteiger partial charge in [0.1, 0.15) is 0 Å². The maximum atomic E-state index is 10.2. The normalized spacial score (nSPS) is 20.2. The van der Waals surface area contributed by atoms with E-state index in [1.807, 2.05) is 6.07 Å². The Morgan fingerprint density at radius 3 is 2.81 bits per heavy atom. The van der Waals surface area contributed by atoms with Gasteiger partial charge in [-0.3, -0.25) is 4.98 Å². The van der Waals surface area contributed by atoms with E-state index in [2.05, 4.69) is 20.9 Å². The summed E-state index contributed by atoms with van der Waals surface area (Å²) in [5.74, 6) is 0. The van der Waals surface area contributed by atoms with Gasteiger partial charge < -0.3 is 9.84 Å². The van der Waals surface area contributed by atoms with Gasteiger partial charge in [-0.1, -0.05) is 0 Å². The van der Waals surface area contributed by atoms with E-state index in [4.69, 9.17) is 4.74 Å². The SMILES string of the molecule is COC1(C(O)Cc2cncc(Br)c2)CCC1. The third-order valence-corrected chi connectivity index (χ3v) is 3.84. The quantitative estimate of drug-likeness (QED) is 0.923. The van der Waals surface area contributed by atoms with Crippen molar-refractivity contribution in [3.63, 3.8) is 0 Å². The van der Waals surface area contributed by atoms with Gasteiger partial charge in [0.15, 0.2) is 0 Å². The van der Waals surface area contributed by atoms with Crippen LogP contribution in [0.3, 0.4) is 0 Å². The van der Waals surface area contributed by atoms with Crippen molar-refractivity contribution in [1.82, 2.24) is 4.98 Å². The Kier molecular flexibility index (Phi) is 3.62. The van der Waals surface area contributed by atoms with E-state index < -0.39 is 6.10 Å². The third-order valence-electron chi connectivity index (χ3n) is 3.40. The first-order valence-electron chi connectivity index (χ1n) is 5.49. The Balaban J connectivity index is 2.04. The monoisotopic (exact) mass is 285 g/mol.